The average Bonchev–Trinajstić information content (AvgIpc) is 2.93. The molecule has 0 fully saturated rings. The van der Waals surface area contributed by atoms with Crippen LogP contribution >= 0.6 is 0 Å². The van der Waals surface area contributed by atoms with Gasteiger partial charge in [0.05, 0.1) is 22.5 Å². The van der Waals surface area contributed by atoms with Crippen molar-refractivity contribution in [3.05, 3.63) is 93.8 Å². The number of carbonyl (C=O) groups excluding carboxylic acids is 3. The first kappa shape index (κ1) is 32.2. The first-order valence-corrected chi connectivity index (χ1v) is 13.4. The number of unbranched alkanes of at least 4 members (excludes halogenated alkanes) is 1. The average molecular weight is 622 g/mol. The summed E-state index contributed by atoms with van der Waals surface area (Å²) in [5, 5.41) is 5.29. The lowest BCUT2D eigenvalue weighted by molar-refractivity contribution is -0.143. The van der Waals surface area contributed by atoms with Crippen molar-refractivity contribution >= 4 is 40.7 Å². The Bertz CT molecular complexity index is 1600. The van der Waals surface area contributed by atoms with Gasteiger partial charge in [-0.05, 0) is 97.5 Å². The maximum absolute atomic E-state index is 13.2. The van der Waals surface area contributed by atoms with Gasteiger partial charge in [0.25, 0.3) is 0 Å². The van der Waals surface area contributed by atoms with Crippen LogP contribution in [0.3, 0.4) is 0 Å². The Morgan fingerprint density at radius 3 is 2.00 bits per heavy atom. The number of Topliss-reactive ketones (excluding diaryl/α,β-unsaturated/α-hetero) is 1. The number of nitrogens with one attached hydrogen (secondary N) is 2. The number of allylic oxidation sites excluding steroid dienone is 1. The van der Waals surface area contributed by atoms with Gasteiger partial charge in [-0.25, -0.2) is 4.39 Å². The Hall–Kier alpha value is -4.68. The van der Waals surface area contributed by atoms with Gasteiger partial charge < -0.3 is 16.4 Å². The molecule has 6 nitrogen and oxygen atoms in total. The number of halogens is 7. The molecule has 1 aliphatic rings. The van der Waals surface area contributed by atoms with E-state index in [0.717, 1.165) is 12.1 Å². The van der Waals surface area contributed by atoms with Crippen LogP contribution in [-0.4, -0.2) is 17.6 Å². The third kappa shape index (κ3) is 8.23. The molecule has 0 aromatic heterocycles. The van der Waals surface area contributed by atoms with Crippen LogP contribution in [0, 0.1) is 5.82 Å². The summed E-state index contributed by atoms with van der Waals surface area (Å²) < 4.78 is 92.4. The fourth-order valence-electron chi connectivity index (χ4n) is 4.71. The summed E-state index contributed by atoms with van der Waals surface area (Å²) in [5.41, 5.74) is 3.98. The topological polar surface area (TPSA) is 101 Å². The summed E-state index contributed by atoms with van der Waals surface area (Å²) in [6, 6.07) is 9.27. The molecule has 1 aliphatic carbocycles. The minimum absolute atomic E-state index is 0.0271. The number of anilines is 3. The normalized spacial score (nSPS) is 14.3. The second kappa shape index (κ2) is 12.9. The minimum atomic E-state index is -5.01. The molecule has 0 saturated carbocycles. The van der Waals surface area contributed by atoms with Crippen molar-refractivity contribution in [2.45, 2.75) is 50.9 Å². The number of hydrogen-bond acceptors (Lipinski definition) is 4. The predicted molar refractivity (Wildman–Crippen MR) is 150 cm³/mol. The molecule has 3 aromatic rings. The molecule has 4 rings (SSSR count). The SMILES string of the molecule is Nc1cc(F)ccc1NC(=O)CCCCC(=O)Nc1ccc2c(c1)CC/C(=C\c1cc(C(F)(F)F)cc(C(F)(F)F)c1)C2=O. The molecule has 0 unspecified atom stereocenters. The Balaban J connectivity index is 1.34. The molecule has 0 atom stereocenters. The van der Waals surface area contributed by atoms with Gasteiger partial charge in [0.15, 0.2) is 5.78 Å². The number of nitrogen functional groups attached to an aromatic ring is 1. The number of aryl methyl sites for hydroxylation is 1. The van der Waals surface area contributed by atoms with Gasteiger partial charge in [0, 0.05) is 29.7 Å². The lowest BCUT2D eigenvalue weighted by atomic mass is 9.85. The molecule has 44 heavy (non-hydrogen) atoms. The molecule has 4 N–H and O–H groups in total. The zero-order valence-corrected chi connectivity index (χ0v) is 23.0. The van der Waals surface area contributed by atoms with Gasteiger partial charge in [-0.2, -0.15) is 26.3 Å². The smallest absolute Gasteiger partial charge is 0.397 e. The molecule has 0 heterocycles. The van der Waals surface area contributed by atoms with E-state index in [4.69, 9.17) is 5.73 Å². The van der Waals surface area contributed by atoms with Gasteiger partial charge in [-0.3, -0.25) is 14.4 Å². The van der Waals surface area contributed by atoms with Crippen LogP contribution < -0.4 is 16.4 Å². The summed E-state index contributed by atoms with van der Waals surface area (Å²) in [6.45, 7) is 0. The molecule has 0 spiro atoms. The third-order valence-corrected chi connectivity index (χ3v) is 6.89. The van der Waals surface area contributed by atoms with E-state index < -0.39 is 35.1 Å². The third-order valence-electron chi connectivity index (χ3n) is 6.89. The van der Waals surface area contributed by atoms with E-state index >= 15 is 0 Å². The number of carbonyl (C=O) groups is 3. The zero-order valence-electron chi connectivity index (χ0n) is 23.0. The zero-order chi connectivity index (χ0) is 32.2. The van der Waals surface area contributed by atoms with Crippen molar-refractivity contribution in [3.63, 3.8) is 0 Å². The summed E-state index contributed by atoms with van der Waals surface area (Å²) >= 11 is 0. The number of alkyl halides is 6. The first-order chi connectivity index (χ1) is 20.6. The van der Waals surface area contributed by atoms with E-state index in [-0.39, 0.29) is 71.6 Å². The number of benzene rings is 3. The highest BCUT2D eigenvalue weighted by Crippen LogP contribution is 2.37. The molecule has 0 bridgehead atoms. The molecule has 2 amide bonds. The quantitative estimate of drug-likeness (QED) is 0.103. The fourth-order valence-corrected chi connectivity index (χ4v) is 4.71. The van der Waals surface area contributed by atoms with Crippen molar-refractivity contribution in [3.8, 4) is 0 Å². The Morgan fingerprint density at radius 1 is 0.795 bits per heavy atom. The number of hydrogen-bond donors (Lipinski definition) is 3. The first-order valence-electron chi connectivity index (χ1n) is 13.4. The van der Waals surface area contributed by atoms with E-state index in [9.17, 15) is 45.1 Å². The number of amides is 2. The van der Waals surface area contributed by atoms with E-state index in [1.165, 1.54) is 24.3 Å². The summed E-state index contributed by atoms with van der Waals surface area (Å²) in [4.78, 5) is 37.5. The molecule has 0 aliphatic heterocycles. The Kier molecular flexibility index (Phi) is 9.45. The molecule has 3 aromatic carbocycles. The highest BCUT2D eigenvalue weighted by Gasteiger charge is 2.37. The van der Waals surface area contributed by atoms with E-state index in [2.05, 4.69) is 10.6 Å². The van der Waals surface area contributed by atoms with Crippen LogP contribution in [0.2, 0.25) is 0 Å². The largest absolute Gasteiger partial charge is 0.416 e. The molecule has 0 saturated heterocycles. The molecule has 13 heteroatoms. The van der Waals surface area contributed by atoms with Crippen LogP contribution in [0.5, 0.6) is 0 Å². The lowest BCUT2D eigenvalue weighted by Crippen LogP contribution is -2.16. The standard InChI is InChI=1S/C31H26F7N3O3/c32-22-7-10-26(25(39)16-22)41-28(43)4-2-1-3-27(42)40-23-8-9-24-18(14-23)5-6-19(29(24)44)11-17-12-20(30(33,34)35)15-21(13-17)31(36,37)38/h7-16H,1-6,39H2,(H,40,42)(H,41,43)/b19-11+. The number of ketones is 1. The van der Waals surface area contributed by atoms with E-state index in [1.807, 2.05) is 0 Å². The second-order valence-corrected chi connectivity index (χ2v) is 10.2. The van der Waals surface area contributed by atoms with Crippen molar-refractivity contribution in [2.75, 3.05) is 16.4 Å². The summed E-state index contributed by atoms with van der Waals surface area (Å²) in [7, 11) is 0. The fraction of sp³-hybridized carbons (Fsp3) is 0.258. The highest BCUT2D eigenvalue weighted by molar-refractivity contribution is 6.13. The maximum Gasteiger partial charge on any atom is 0.416 e. The van der Waals surface area contributed by atoms with E-state index in [0.29, 0.717) is 36.2 Å². The van der Waals surface area contributed by atoms with Crippen LogP contribution in [0.15, 0.2) is 60.2 Å². The van der Waals surface area contributed by atoms with Crippen LogP contribution in [0.25, 0.3) is 6.08 Å². The lowest BCUT2D eigenvalue weighted by Gasteiger charge is -2.19. The highest BCUT2D eigenvalue weighted by atomic mass is 19.4. The van der Waals surface area contributed by atoms with Gasteiger partial charge in [0.1, 0.15) is 5.82 Å². The summed E-state index contributed by atoms with van der Waals surface area (Å²) in [6.07, 6.45) is -7.63. The number of fused-ring (bicyclic) bond motifs is 1. The van der Waals surface area contributed by atoms with Gasteiger partial charge >= 0.3 is 12.4 Å². The Labute approximate surface area is 247 Å². The van der Waals surface area contributed by atoms with Crippen LogP contribution in [0.1, 0.15) is 64.7 Å². The summed E-state index contributed by atoms with van der Waals surface area (Å²) in [5.74, 6) is -1.74. The van der Waals surface area contributed by atoms with Crippen molar-refractivity contribution in [1.82, 2.24) is 0 Å². The maximum atomic E-state index is 13.2. The number of nitrogens with two attached hydrogens (primary N) is 1. The minimum Gasteiger partial charge on any atom is -0.397 e. The Morgan fingerprint density at radius 2 is 1.41 bits per heavy atom. The van der Waals surface area contributed by atoms with Gasteiger partial charge in [-0.15, -0.1) is 0 Å². The van der Waals surface area contributed by atoms with Gasteiger partial charge in [-0.1, -0.05) is 0 Å². The molecular weight excluding hydrogens is 595 g/mol. The van der Waals surface area contributed by atoms with Crippen molar-refractivity contribution in [2.24, 2.45) is 0 Å². The predicted octanol–water partition coefficient (Wildman–Crippen LogP) is 7.80. The van der Waals surface area contributed by atoms with Crippen molar-refractivity contribution < 1.29 is 45.1 Å². The second-order valence-electron chi connectivity index (χ2n) is 10.2. The number of rotatable bonds is 8. The molecule has 0 radical (unpaired) electrons. The van der Waals surface area contributed by atoms with Gasteiger partial charge in [0.2, 0.25) is 11.8 Å². The van der Waals surface area contributed by atoms with Crippen LogP contribution in [-0.2, 0) is 28.4 Å². The molecule has 232 valence electrons. The van der Waals surface area contributed by atoms with E-state index in [1.54, 1.807) is 6.07 Å². The van der Waals surface area contributed by atoms with Crippen LogP contribution in [0.4, 0.5) is 47.8 Å². The van der Waals surface area contributed by atoms with Crippen molar-refractivity contribution in [1.29, 1.82) is 0 Å². The monoisotopic (exact) mass is 621 g/mol. The molecular formula is C31H26F7N3O3.